The maximum absolute atomic E-state index is 9.24. The van der Waals surface area contributed by atoms with Crippen LogP contribution in [0.5, 0.6) is 5.75 Å². The van der Waals surface area contributed by atoms with Gasteiger partial charge in [0.05, 0.1) is 6.54 Å². The molecule has 2 N–H and O–H groups in total. The summed E-state index contributed by atoms with van der Waals surface area (Å²) in [6.07, 6.45) is 7.52. The van der Waals surface area contributed by atoms with Crippen molar-refractivity contribution in [3.8, 4) is 5.75 Å². The van der Waals surface area contributed by atoms with E-state index in [4.69, 9.17) is 4.52 Å². The Labute approximate surface area is 124 Å². The largest absolute Gasteiger partial charge is 0.508 e. The standard InChI is InChI=1S/C16H21N3O2/c20-14-9-7-13(8-10-14)17-11-15-18-16(19-21-15)12-5-3-1-2-4-6-12/h7-10,12,17,20H,1-6,11H2. The minimum Gasteiger partial charge on any atom is -0.508 e. The summed E-state index contributed by atoms with van der Waals surface area (Å²) in [5, 5.41) is 16.6. The third-order valence-electron chi connectivity index (χ3n) is 4.02. The third-order valence-corrected chi connectivity index (χ3v) is 4.02. The second-order valence-electron chi connectivity index (χ2n) is 5.64. The minimum absolute atomic E-state index is 0.258. The molecule has 0 bridgehead atoms. The highest BCUT2D eigenvalue weighted by atomic mass is 16.5. The van der Waals surface area contributed by atoms with Crippen LogP contribution in [0.3, 0.4) is 0 Å². The molecule has 1 aliphatic rings. The number of nitrogens with one attached hydrogen (secondary N) is 1. The Kier molecular flexibility index (Phi) is 4.38. The second kappa shape index (κ2) is 6.61. The minimum atomic E-state index is 0.258. The summed E-state index contributed by atoms with van der Waals surface area (Å²) in [5.74, 6) is 2.19. The Morgan fingerprint density at radius 2 is 1.81 bits per heavy atom. The number of hydrogen-bond acceptors (Lipinski definition) is 5. The van der Waals surface area contributed by atoms with Crippen molar-refractivity contribution in [2.45, 2.75) is 51.0 Å². The molecule has 21 heavy (non-hydrogen) atoms. The SMILES string of the molecule is Oc1ccc(NCc2nc(C3CCCCCC3)no2)cc1. The van der Waals surface area contributed by atoms with E-state index in [1.54, 1.807) is 12.1 Å². The van der Waals surface area contributed by atoms with E-state index in [0.29, 0.717) is 18.4 Å². The summed E-state index contributed by atoms with van der Waals surface area (Å²) in [7, 11) is 0. The molecule has 5 nitrogen and oxygen atoms in total. The smallest absolute Gasteiger partial charge is 0.245 e. The van der Waals surface area contributed by atoms with Gasteiger partial charge in [-0.2, -0.15) is 4.98 Å². The van der Waals surface area contributed by atoms with Crippen molar-refractivity contribution in [2.24, 2.45) is 0 Å². The predicted molar refractivity (Wildman–Crippen MR) is 80.2 cm³/mol. The van der Waals surface area contributed by atoms with Crippen molar-refractivity contribution in [2.75, 3.05) is 5.32 Å². The lowest BCUT2D eigenvalue weighted by atomic mass is 10.00. The van der Waals surface area contributed by atoms with E-state index in [0.717, 1.165) is 11.5 Å². The van der Waals surface area contributed by atoms with Crippen LogP contribution in [0.25, 0.3) is 0 Å². The van der Waals surface area contributed by atoms with Crippen molar-refractivity contribution in [3.05, 3.63) is 36.0 Å². The van der Waals surface area contributed by atoms with Gasteiger partial charge in [0.25, 0.3) is 0 Å². The number of benzene rings is 1. The highest BCUT2D eigenvalue weighted by Crippen LogP contribution is 2.29. The number of anilines is 1. The summed E-state index contributed by atoms with van der Waals surface area (Å²) in [4.78, 5) is 4.52. The van der Waals surface area contributed by atoms with E-state index in [2.05, 4.69) is 15.5 Å². The number of rotatable bonds is 4. The van der Waals surface area contributed by atoms with Gasteiger partial charge in [0.15, 0.2) is 5.82 Å². The average molecular weight is 287 g/mol. The first-order valence-electron chi connectivity index (χ1n) is 7.66. The number of nitrogens with zero attached hydrogens (tertiary/aromatic N) is 2. The molecule has 5 heteroatoms. The number of phenols is 1. The molecule has 0 spiro atoms. The van der Waals surface area contributed by atoms with Crippen LogP contribution in [0.15, 0.2) is 28.8 Å². The van der Waals surface area contributed by atoms with Gasteiger partial charge in [0.1, 0.15) is 5.75 Å². The maximum atomic E-state index is 9.24. The van der Waals surface area contributed by atoms with E-state index in [1.165, 1.54) is 38.5 Å². The second-order valence-corrected chi connectivity index (χ2v) is 5.64. The van der Waals surface area contributed by atoms with E-state index < -0.39 is 0 Å². The lowest BCUT2D eigenvalue weighted by Crippen LogP contribution is -2.02. The summed E-state index contributed by atoms with van der Waals surface area (Å²) in [6, 6.07) is 6.93. The molecule has 0 radical (unpaired) electrons. The van der Waals surface area contributed by atoms with Crippen LogP contribution in [0.4, 0.5) is 5.69 Å². The molecule has 0 saturated heterocycles. The highest BCUT2D eigenvalue weighted by Gasteiger charge is 2.19. The highest BCUT2D eigenvalue weighted by molar-refractivity contribution is 5.45. The molecule has 0 amide bonds. The number of phenolic OH excluding ortho intramolecular Hbond substituents is 1. The first-order chi connectivity index (χ1) is 10.3. The predicted octanol–water partition coefficient (Wildman–Crippen LogP) is 3.83. The third kappa shape index (κ3) is 3.74. The molecular weight excluding hydrogens is 266 g/mol. The molecule has 1 fully saturated rings. The van der Waals surface area contributed by atoms with Crippen molar-refractivity contribution >= 4 is 5.69 Å². The van der Waals surface area contributed by atoms with E-state index in [-0.39, 0.29) is 5.75 Å². The van der Waals surface area contributed by atoms with Gasteiger partial charge in [-0.15, -0.1) is 0 Å². The van der Waals surface area contributed by atoms with Crippen LogP contribution in [-0.4, -0.2) is 15.2 Å². The molecular formula is C16H21N3O2. The maximum Gasteiger partial charge on any atom is 0.245 e. The molecule has 1 aromatic heterocycles. The van der Waals surface area contributed by atoms with Crippen LogP contribution in [0, 0.1) is 0 Å². The number of aromatic nitrogens is 2. The lowest BCUT2D eigenvalue weighted by Gasteiger charge is -2.07. The molecule has 112 valence electrons. The van der Waals surface area contributed by atoms with Crippen molar-refractivity contribution in [1.29, 1.82) is 0 Å². The van der Waals surface area contributed by atoms with Gasteiger partial charge in [-0.25, -0.2) is 0 Å². The average Bonchev–Trinajstić information content (AvgIpc) is 2.80. The Bertz CT molecular complexity index is 557. The van der Waals surface area contributed by atoms with Crippen LogP contribution in [0.2, 0.25) is 0 Å². The molecule has 1 aromatic carbocycles. The van der Waals surface area contributed by atoms with Gasteiger partial charge < -0.3 is 14.9 Å². The Hall–Kier alpha value is -2.04. The molecule has 0 atom stereocenters. The molecule has 1 heterocycles. The molecule has 3 rings (SSSR count). The Morgan fingerprint density at radius 3 is 2.52 bits per heavy atom. The zero-order valence-electron chi connectivity index (χ0n) is 12.1. The van der Waals surface area contributed by atoms with Crippen LogP contribution in [-0.2, 0) is 6.54 Å². The number of hydrogen-bond donors (Lipinski definition) is 2. The summed E-state index contributed by atoms with van der Waals surface area (Å²) in [6.45, 7) is 0.504. The normalized spacial score (nSPS) is 16.6. The Morgan fingerprint density at radius 1 is 1.10 bits per heavy atom. The molecule has 0 unspecified atom stereocenters. The van der Waals surface area contributed by atoms with Crippen molar-refractivity contribution < 1.29 is 9.63 Å². The summed E-state index contributed by atoms with van der Waals surface area (Å²) < 4.78 is 5.33. The number of aromatic hydroxyl groups is 1. The molecule has 2 aromatic rings. The van der Waals surface area contributed by atoms with Gasteiger partial charge in [-0.05, 0) is 37.1 Å². The van der Waals surface area contributed by atoms with Gasteiger partial charge >= 0.3 is 0 Å². The molecule has 1 saturated carbocycles. The Balaban J connectivity index is 1.58. The van der Waals surface area contributed by atoms with Gasteiger partial charge in [-0.1, -0.05) is 30.8 Å². The first-order valence-corrected chi connectivity index (χ1v) is 7.66. The van der Waals surface area contributed by atoms with Crippen molar-refractivity contribution in [3.63, 3.8) is 0 Å². The van der Waals surface area contributed by atoms with Crippen LogP contribution < -0.4 is 5.32 Å². The van der Waals surface area contributed by atoms with Gasteiger partial charge in [0.2, 0.25) is 5.89 Å². The van der Waals surface area contributed by atoms with E-state index >= 15 is 0 Å². The fraction of sp³-hybridized carbons (Fsp3) is 0.500. The van der Waals surface area contributed by atoms with E-state index in [1.807, 2.05) is 12.1 Å². The topological polar surface area (TPSA) is 71.2 Å². The molecule has 1 aliphatic carbocycles. The monoisotopic (exact) mass is 287 g/mol. The van der Waals surface area contributed by atoms with Gasteiger partial charge in [-0.3, -0.25) is 0 Å². The first kappa shape index (κ1) is 13.9. The quantitative estimate of drug-likeness (QED) is 0.660. The summed E-state index contributed by atoms with van der Waals surface area (Å²) in [5.41, 5.74) is 0.919. The van der Waals surface area contributed by atoms with E-state index in [9.17, 15) is 5.11 Å². The summed E-state index contributed by atoms with van der Waals surface area (Å²) >= 11 is 0. The van der Waals surface area contributed by atoms with Crippen molar-refractivity contribution in [1.82, 2.24) is 10.1 Å². The van der Waals surface area contributed by atoms with Crippen LogP contribution in [0.1, 0.15) is 56.2 Å². The zero-order valence-corrected chi connectivity index (χ0v) is 12.1. The van der Waals surface area contributed by atoms with Gasteiger partial charge in [0, 0.05) is 11.6 Å². The fourth-order valence-electron chi connectivity index (χ4n) is 2.80. The van der Waals surface area contributed by atoms with Crippen LogP contribution >= 0.6 is 0 Å². The fourth-order valence-corrected chi connectivity index (χ4v) is 2.80. The zero-order chi connectivity index (χ0) is 14.5. The molecule has 0 aliphatic heterocycles. The lowest BCUT2D eigenvalue weighted by molar-refractivity contribution is 0.371.